The minimum Gasteiger partial charge on any atom is -0.507 e. The van der Waals surface area contributed by atoms with Crippen LogP contribution in [-0.2, 0) is 0 Å². The zero-order chi connectivity index (χ0) is 14.0. The number of hydrogen-bond acceptors (Lipinski definition) is 4. The number of halogens is 3. The third kappa shape index (κ3) is 3.52. The lowest BCUT2D eigenvalue weighted by Crippen LogP contribution is -2.13. The number of carbonyl (C=O) groups excluding carboxylic acids is 1. The first-order chi connectivity index (χ1) is 8.97. The van der Waals surface area contributed by atoms with Gasteiger partial charge in [0, 0.05) is 5.56 Å². The van der Waals surface area contributed by atoms with E-state index in [0.29, 0.717) is 25.1 Å². The molecule has 2 aromatic rings. The number of nitrogens with one attached hydrogen (secondary N) is 1. The molecule has 0 bridgehead atoms. The van der Waals surface area contributed by atoms with Gasteiger partial charge >= 0.3 is 0 Å². The minimum absolute atomic E-state index is 0.00592. The predicted molar refractivity (Wildman–Crippen MR) is 81.2 cm³/mol. The highest BCUT2D eigenvalue weighted by Crippen LogP contribution is 2.25. The van der Waals surface area contributed by atoms with Crippen LogP contribution < -0.4 is 5.32 Å². The Labute approximate surface area is 133 Å². The van der Waals surface area contributed by atoms with E-state index in [4.69, 9.17) is 0 Å². The number of aromatic nitrogens is 2. The molecule has 1 amide bonds. The summed E-state index contributed by atoms with van der Waals surface area (Å²) < 4.78 is 1.49. The van der Waals surface area contributed by atoms with E-state index in [1.54, 1.807) is 12.1 Å². The normalized spacial score (nSPS) is 10.3. The molecule has 0 saturated carbocycles. The van der Waals surface area contributed by atoms with Gasteiger partial charge in [-0.15, -0.1) is 0 Å². The van der Waals surface area contributed by atoms with E-state index in [-0.39, 0.29) is 11.7 Å². The van der Waals surface area contributed by atoms with Crippen molar-refractivity contribution in [3.05, 3.63) is 43.6 Å². The first-order valence-electron chi connectivity index (χ1n) is 4.95. The summed E-state index contributed by atoms with van der Waals surface area (Å²) in [5.74, 6) is -0.0932. The highest BCUT2D eigenvalue weighted by Gasteiger charge is 2.12. The lowest BCUT2D eigenvalue weighted by molar-refractivity contribution is 0.102. The molecule has 2 rings (SSSR count). The Morgan fingerprint density at radius 1 is 1.26 bits per heavy atom. The molecule has 19 heavy (non-hydrogen) atoms. The van der Waals surface area contributed by atoms with Crippen LogP contribution in [0.3, 0.4) is 0 Å². The van der Waals surface area contributed by atoms with Crippen LogP contribution in [0.2, 0.25) is 0 Å². The highest BCUT2D eigenvalue weighted by atomic mass is 79.9. The predicted octanol–water partition coefficient (Wildman–Crippen LogP) is 3.72. The second kappa shape index (κ2) is 5.98. The maximum absolute atomic E-state index is 12.0. The van der Waals surface area contributed by atoms with Crippen molar-refractivity contribution in [1.29, 1.82) is 0 Å². The van der Waals surface area contributed by atoms with Crippen molar-refractivity contribution in [1.82, 2.24) is 9.97 Å². The molecule has 0 unspecified atom stereocenters. The molecule has 2 N–H and O–H groups in total. The van der Waals surface area contributed by atoms with E-state index in [0.717, 1.165) is 0 Å². The molecule has 0 saturated heterocycles. The maximum Gasteiger partial charge on any atom is 0.257 e. The molecular formula is C11H6Br3N3O2. The van der Waals surface area contributed by atoms with Gasteiger partial charge in [0.2, 0.25) is 0 Å². The summed E-state index contributed by atoms with van der Waals surface area (Å²) in [4.78, 5) is 20.1. The number of rotatable bonds is 2. The van der Waals surface area contributed by atoms with Crippen molar-refractivity contribution >= 4 is 59.5 Å². The summed E-state index contributed by atoms with van der Waals surface area (Å²) in [6.45, 7) is 0. The fourth-order valence-corrected chi connectivity index (χ4v) is 2.42. The van der Waals surface area contributed by atoms with Gasteiger partial charge in [0.05, 0.1) is 10.7 Å². The molecule has 1 aromatic carbocycles. The molecule has 0 spiro atoms. The smallest absolute Gasteiger partial charge is 0.257 e. The van der Waals surface area contributed by atoms with Gasteiger partial charge in [0.1, 0.15) is 15.0 Å². The van der Waals surface area contributed by atoms with Crippen LogP contribution in [0.25, 0.3) is 0 Å². The SMILES string of the molecule is O=C(Nc1ncc(Br)nc1Br)c1ccc(Br)c(O)c1. The van der Waals surface area contributed by atoms with E-state index < -0.39 is 0 Å². The average molecular weight is 452 g/mol. The Kier molecular flexibility index (Phi) is 4.54. The Balaban J connectivity index is 2.23. The van der Waals surface area contributed by atoms with Gasteiger partial charge in [0.15, 0.2) is 5.82 Å². The number of carbonyl (C=O) groups is 1. The van der Waals surface area contributed by atoms with Crippen molar-refractivity contribution in [2.75, 3.05) is 5.32 Å². The van der Waals surface area contributed by atoms with Gasteiger partial charge in [-0.2, -0.15) is 0 Å². The third-order valence-electron chi connectivity index (χ3n) is 2.14. The van der Waals surface area contributed by atoms with Crippen molar-refractivity contribution in [2.24, 2.45) is 0 Å². The Hall–Kier alpha value is -0.990. The summed E-state index contributed by atoms with van der Waals surface area (Å²) in [6.07, 6.45) is 1.47. The van der Waals surface area contributed by atoms with E-state index >= 15 is 0 Å². The van der Waals surface area contributed by atoms with Gasteiger partial charge in [0.25, 0.3) is 5.91 Å². The summed E-state index contributed by atoms with van der Waals surface area (Å²) in [5, 5.41) is 12.1. The summed E-state index contributed by atoms with van der Waals surface area (Å²) in [7, 11) is 0. The zero-order valence-corrected chi connectivity index (χ0v) is 14.0. The van der Waals surface area contributed by atoms with Gasteiger partial charge < -0.3 is 10.4 Å². The molecule has 1 heterocycles. The third-order valence-corrected chi connectivity index (χ3v) is 3.75. The monoisotopic (exact) mass is 449 g/mol. The topological polar surface area (TPSA) is 75.1 Å². The van der Waals surface area contributed by atoms with Crippen LogP contribution >= 0.6 is 47.8 Å². The van der Waals surface area contributed by atoms with E-state index in [9.17, 15) is 9.90 Å². The summed E-state index contributed by atoms with van der Waals surface area (Å²) in [6, 6.07) is 4.53. The van der Waals surface area contributed by atoms with Crippen LogP contribution in [0, 0.1) is 0 Å². The molecule has 0 aliphatic heterocycles. The Morgan fingerprint density at radius 3 is 2.63 bits per heavy atom. The molecular weight excluding hydrogens is 446 g/mol. The number of phenols is 1. The minimum atomic E-state index is -0.389. The fraction of sp³-hybridized carbons (Fsp3) is 0. The molecule has 8 heteroatoms. The number of amides is 1. The average Bonchev–Trinajstić information content (AvgIpc) is 2.36. The number of phenolic OH excluding ortho intramolecular Hbond substituents is 1. The van der Waals surface area contributed by atoms with Crippen LogP contribution in [0.1, 0.15) is 10.4 Å². The van der Waals surface area contributed by atoms with E-state index in [2.05, 4.69) is 63.1 Å². The van der Waals surface area contributed by atoms with Crippen LogP contribution in [0.5, 0.6) is 5.75 Å². The van der Waals surface area contributed by atoms with E-state index in [1.807, 2.05) is 0 Å². The maximum atomic E-state index is 12.0. The molecule has 98 valence electrons. The molecule has 0 aliphatic carbocycles. The first kappa shape index (κ1) is 14.4. The van der Waals surface area contributed by atoms with Gasteiger partial charge in [-0.3, -0.25) is 4.79 Å². The fourth-order valence-electron chi connectivity index (χ4n) is 1.26. The second-order valence-electron chi connectivity index (χ2n) is 3.45. The largest absolute Gasteiger partial charge is 0.507 e. The van der Waals surface area contributed by atoms with Crippen molar-refractivity contribution < 1.29 is 9.90 Å². The molecule has 0 radical (unpaired) electrons. The Morgan fingerprint density at radius 2 is 2.00 bits per heavy atom. The lowest BCUT2D eigenvalue weighted by atomic mass is 10.2. The molecule has 0 fully saturated rings. The van der Waals surface area contributed by atoms with Crippen LogP contribution in [-0.4, -0.2) is 21.0 Å². The zero-order valence-electron chi connectivity index (χ0n) is 9.19. The van der Waals surface area contributed by atoms with Crippen molar-refractivity contribution in [3.8, 4) is 5.75 Å². The summed E-state index contributed by atoms with van der Waals surface area (Å²) >= 11 is 9.52. The first-order valence-corrected chi connectivity index (χ1v) is 7.33. The van der Waals surface area contributed by atoms with Gasteiger partial charge in [-0.1, -0.05) is 0 Å². The molecule has 5 nitrogen and oxygen atoms in total. The number of anilines is 1. The van der Waals surface area contributed by atoms with E-state index in [1.165, 1.54) is 12.3 Å². The van der Waals surface area contributed by atoms with Gasteiger partial charge in [-0.05, 0) is 66.0 Å². The standard InChI is InChI=1S/C11H6Br3N3O2/c12-6-2-1-5(3-7(6)18)11(19)17-10-9(14)16-8(13)4-15-10/h1-4,18H,(H,15,17,19). The van der Waals surface area contributed by atoms with Crippen molar-refractivity contribution in [3.63, 3.8) is 0 Å². The number of hydrogen-bond donors (Lipinski definition) is 2. The van der Waals surface area contributed by atoms with Crippen molar-refractivity contribution in [2.45, 2.75) is 0 Å². The molecule has 1 aromatic heterocycles. The van der Waals surface area contributed by atoms with Gasteiger partial charge in [-0.25, -0.2) is 9.97 Å². The summed E-state index contributed by atoms with van der Waals surface area (Å²) in [5.41, 5.74) is 0.317. The quantitative estimate of drug-likeness (QED) is 0.729. The highest BCUT2D eigenvalue weighted by molar-refractivity contribution is 9.11. The number of aromatic hydroxyl groups is 1. The molecule has 0 atom stereocenters. The number of benzene rings is 1. The lowest BCUT2D eigenvalue weighted by Gasteiger charge is -2.06. The molecule has 0 aliphatic rings. The van der Waals surface area contributed by atoms with Crippen LogP contribution in [0.4, 0.5) is 5.82 Å². The Bertz CT molecular complexity index is 649. The second-order valence-corrected chi connectivity index (χ2v) is 5.87. The number of nitrogens with zero attached hydrogens (tertiary/aromatic N) is 2. The van der Waals surface area contributed by atoms with Crippen LogP contribution in [0.15, 0.2) is 38.1 Å².